The number of carbonyl (C=O) groups is 2. The maximum atomic E-state index is 11.5. The van der Waals surface area contributed by atoms with Crippen molar-refractivity contribution in [3.63, 3.8) is 0 Å². The zero-order valence-electron chi connectivity index (χ0n) is 7.49. The first kappa shape index (κ1) is 8.90. The highest BCUT2D eigenvalue weighted by atomic mass is 16.2. The zero-order valence-corrected chi connectivity index (χ0v) is 7.49. The molecule has 0 saturated carbocycles. The van der Waals surface area contributed by atoms with Gasteiger partial charge in [-0.1, -0.05) is 12.1 Å². The predicted octanol–water partition coefficient (Wildman–Crippen LogP) is -0.0960. The molecule has 0 fully saturated rings. The topological polar surface area (TPSA) is 86.2 Å². The summed E-state index contributed by atoms with van der Waals surface area (Å²) in [5, 5.41) is 0. The van der Waals surface area contributed by atoms with Gasteiger partial charge in [0.2, 0.25) is 11.6 Å². The highest BCUT2D eigenvalue weighted by Gasteiger charge is 2.31. The summed E-state index contributed by atoms with van der Waals surface area (Å²) in [5.74, 6) is -1.05. The summed E-state index contributed by atoms with van der Waals surface area (Å²) >= 11 is 0. The van der Waals surface area contributed by atoms with Gasteiger partial charge in [0.15, 0.2) is 0 Å². The molecule has 4 heteroatoms. The van der Waals surface area contributed by atoms with Crippen molar-refractivity contribution in [1.29, 1.82) is 0 Å². The minimum absolute atomic E-state index is 0.354. The normalized spacial score (nSPS) is 20.8. The molecule has 1 aliphatic rings. The average Bonchev–Trinajstić information content (AvgIpc) is 2.17. The van der Waals surface area contributed by atoms with E-state index in [4.69, 9.17) is 11.5 Å². The number of ketones is 2. The van der Waals surface area contributed by atoms with E-state index in [1.807, 2.05) is 0 Å². The van der Waals surface area contributed by atoms with Crippen molar-refractivity contribution in [2.24, 2.45) is 5.73 Å². The van der Waals surface area contributed by atoms with Gasteiger partial charge in [0.05, 0.1) is 6.04 Å². The number of nitrogen functional groups attached to an aromatic ring is 1. The molecule has 0 bridgehead atoms. The average molecular weight is 190 g/mol. The molecule has 0 heterocycles. The second-order valence-electron chi connectivity index (χ2n) is 3.38. The van der Waals surface area contributed by atoms with E-state index in [1.54, 1.807) is 18.2 Å². The van der Waals surface area contributed by atoms with E-state index in [0.29, 0.717) is 23.2 Å². The number of Topliss-reactive ketones (excluding diaryl/α,β-unsaturated/α-hetero) is 2. The molecule has 0 aliphatic heterocycles. The van der Waals surface area contributed by atoms with Gasteiger partial charge in [-0.3, -0.25) is 9.59 Å². The Balaban J connectivity index is 2.62. The van der Waals surface area contributed by atoms with Crippen LogP contribution < -0.4 is 11.5 Å². The molecule has 0 amide bonds. The highest BCUT2D eigenvalue weighted by Crippen LogP contribution is 2.23. The van der Waals surface area contributed by atoms with Crippen molar-refractivity contribution in [3.05, 3.63) is 29.3 Å². The quantitative estimate of drug-likeness (QED) is 0.442. The summed E-state index contributed by atoms with van der Waals surface area (Å²) in [6.07, 6.45) is 0.354. The monoisotopic (exact) mass is 190 g/mol. The van der Waals surface area contributed by atoms with Crippen molar-refractivity contribution in [2.45, 2.75) is 12.5 Å². The van der Waals surface area contributed by atoms with Crippen LogP contribution in [0.4, 0.5) is 5.69 Å². The van der Waals surface area contributed by atoms with Crippen molar-refractivity contribution in [2.75, 3.05) is 5.73 Å². The lowest BCUT2D eigenvalue weighted by atomic mass is 9.86. The molecular formula is C10H10N2O2. The number of benzene rings is 1. The predicted molar refractivity (Wildman–Crippen MR) is 51.9 cm³/mol. The summed E-state index contributed by atoms with van der Waals surface area (Å²) < 4.78 is 0. The second-order valence-corrected chi connectivity index (χ2v) is 3.38. The molecule has 4 N–H and O–H groups in total. The van der Waals surface area contributed by atoms with Gasteiger partial charge < -0.3 is 11.5 Å². The molecule has 0 spiro atoms. The van der Waals surface area contributed by atoms with Gasteiger partial charge in [0.1, 0.15) is 0 Å². The number of nitrogens with two attached hydrogens (primary N) is 2. The Morgan fingerprint density at radius 1 is 1.29 bits per heavy atom. The van der Waals surface area contributed by atoms with Crippen LogP contribution in [0.25, 0.3) is 0 Å². The van der Waals surface area contributed by atoms with Gasteiger partial charge in [0, 0.05) is 11.3 Å². The third-order valence-electron chi connectivity index (χ3n) is 2.44. The lowest BCUT2D eigenvalue weighted by Crippen LogP contribution is -2.42. The fourth-order valence-electron chi connectivity index (χ4n) is 1.66. The molecule has 1 aromatic rings. The summed E-state index contributed by atoms with van der Waals surface area (Å²) in [4.78, 5) is 22.8. The molecule has 1 aliphatic carbocycles. The highest BCUT2D eigenvalue weighted by molar-refractivity contribution is 6.46. The van der Waals surface area contributed by atoms with Crippen molar-refractivity contribution < 1.29 is 9.59 Å². The first-order chi connectivity index (χ1) is 6.61. The molecule has 4 nitrogen and oxygen atoms in total. The van der Waals surface area contributed by atoms with Crippen LogP contribution in [-0.4, -0.2) is 17.6 Å². The van der Waals surface area contributed by atoms with Crippen molar-refractivity contribution in [1.82, 2.24) is 0 Å². The van der Waals surface area contributed by atoms with Crippen LogP contribution in [0.1, 0.15) is 15.9 Å². The first-order valence-corrected chi connectivity index (χ1v) is 4.32. The van der Waals surface area contributed by atoms with E-state index in [2.05, 4.69) is 0 Å². The molecule has 1 unspecified atom stereocenters. The van der Waals surface area contributed by atoms with Crippen LogP contribution >= 0.6 is 0 Å². The molecule has 2 rings (SSSR count). The van der Waals surface area contributed by atoms with E-state index in [0.717, 1.165) is 0 Å². The maximum absolute atomic E-state index is 11.5. The molecular weight excluding hydrogens is 180 g/mol. The number of rotatable bonds is 0. The molecule has 1 atom stereocenters. The van der Waals surface area contributed by atoms with Gasteiger partial charge in [0.25, 0.3) is 0 Å². The fourth-order valence-corrected chi connectivity index (χ4v) is 1.66. The Morgan fingerprint density at radius 3 is 2.71 bits per heavy atom. The van der Waals surface area contributed by atoms with E-state index in [-0.39, 0.29) is 0 Å². The largest absolute Gasteiger partial charge is 0.398 e. The summed E-state index contributed by atoms with van der Waals surface area (Å²) in [7, 11) is 0. The third-order valence-corrected chi connectivity index (χ3v) is 2.44. The van der Waals surface area contributed by atoms with Gasteiger partial charge in [-0.25, -0.2) is 0 Å². The lowest BCUT2D eigenvalue weighted by molar-refractivity contribution is -0.116. The lowest BCUT2D eigenvalue weighted by Gasteiger charge is -2.20. The summed E-state index contributed by atoms with van der Waals surface area (Å²) in [6.45, 7) is 0. The number of fused-ring (bicyclic) bond motifs is 1. The van der Waals surface area contributed by atoms with Crippen LogP contribution in [0.15, 0.2) is 18.2 Å². The van der Waals surface area contributed by atoms with E-state index in [9.17, 15) is 9.59 Å². The Kier molecular flexibility index (Phi) is 1.86. The zero-order chi connectivity index (χ0) is 10.3. The van der Waals surface area contributed by atoms with Gasteiger partial charge in [-0.15, -0.1) is 0 Å². The third kappa shape index (κ3) is 1.12. The number of carbonyl (C=O) groups excluding carboxylic acids is 2. The van der Waals surface area contributed by atoms with E-state index < -0.39 is 17.6 Å². The standard InChI is InChI=1S/C10H10N2O2/c11-7-3-1-2-5-6(7)4-8(12)10(14)9(5)13/h1-3,8H,4,11-12H2. The summed E-state index contributed by atoms with van der Waals surface area (Å²) in [5.41, 5.74) is 12.8. The van der Waals surface area contributed by atoms with E-state index >= 15 is 0 Å². The first-order valence-electron chi connectivity index (χ1n) is 4.32. The Bertz CT molecular complexity index is 426. The fraction of sp³-hybridized carbons (Fsp3) is 0.200. The van der Waals surface area contributed by atoms with Gasteiger partial charge in [-0.05, 0) is 18.1 Å². The van der Waals surface area contributed by atoms with Crippen LogP contribution in [0.2, 0.25) is 0 Å². The SMILES string of the molecule is Nc1cccc2c1CC(N)C(=O)C2=O. The summed E-state index contributed by atoms with van der Waals surface area (Å²) in [6, 6.07) is 4.24. The number of hydrogen-bond donors (Lipinski definition) is 2. The van der Waals surface area contributed by atoms with E-state index in [1.165, 1.54) is 0 Å². The van der Waals surface area contributed by atoms with Gasteiger partial charge in [-0.2, -0.15) is 0 Å². The minimum Gasteiger partial charge on any atom is -0.398 e. The van der Waals surface area contributed by atoms with Crippen LogP contribution in [0, 0.1) is 0 Å². The van der Waals surface area contributed by atoms with Crippen molar-refractivity contribution >= 4 is 17.3 Å². The minimum atomic E-state index is -0.736. The smallest absolute Gasteiger partial charge is 0.230 e. The van der Waals surface area contributed by atoms with Crippen LogP contribution in [0.5, 0.6) is 0 Å². The number of hydrogen-bond acceptors (Lipinski definition) is 4. The molecule has 0 aromatic heterocycles. The Labute approximate surface area is 80.9 Å². The second kappa shape index (κ2) is 2.92. The van der Waals surface area contributed by atoms with Crippen molar-refractivity contribution in [3.8, 4) is 0 Å². The van der Waals surface area contributed by atoms with Gasteiger partial charge >= 0.3 is 0 Å². The Morgan fingerprint density at radius 2 is 2.00 bits per heavy atom. The van der Waals surface area contributed by atoms with Crippen LogP contribution in [0.3, 0.4) is 0 Å². The molecule has 0 radical (unpaired) electrons. The maximum Gasteiger partial charge on any atom is 0.230 e. The Hall–Kier alpha value is -1.68. The number of anilines is 1. The van der Waals surface area contributed by atoms with Crippen LogP contribution in [-0.2, 0) is 11.2 Å². The molecule has 1 aromatic carbocycles. The molecule has 0 saturated heterocycles. The molecule has 14 heavy (non-hydrogen) atoms. The molecule has 72 valence electrons.